The molecular formula is C34H40ClF7N4O. The van der Waals surface area contributed by atoms with Gasteiger partial charge in [0.25, 0.3) is 0 Å². The van der Waals surface area contributed by atoms with E-state index in [1.54, 1.807) is 0 Å². The van der Waals surface area contributed by atoms with Crippen LogP contribution >= 0.6 is 11.6 Å². The Morgan fingerprint density at radius 2 is 1.57 bits per heavy atom. The first-order valence-electron chi connectivity index (χ1n) is 15.9. The number of hydrogen-bond donors (Lipinski definition) is 2. The summed E-state index contributed by atoms with van der Waals surface area (Å²) in [5, 5.41) is 16.4. The van der Waals surface area contributed by atoms with Gasteiger partial charge in [-0.3, -0.25) is 4.79 Å². The quantitative estimate of drug-likeness (QED) is 0.163. The first-order valence-corrected chi connectivity index (χ1v) is 16.3. The van der Waals surface area contributed by atoms with E-state index in [-0.39, 0.29) is 35.4 Å². The summed E-state index contributed by atoms with van der Waals surface area (Å²) in [4.78, 5) is 17.9. The Morgan fingerprint density at radius 3 is 2.17 bits per heavy atom. The largest absolute Gasteiger partial charge is 0.417 e. The van der Waals surface area contributed by atoms with E-state index in [0.717, 1.165) is 70.2 Å². The molecule has 5 nitrogen and oxygen atoms in total. The molecule has 2 N–H and O–H groups in total. The Labute approximate surface area is 275 Å². The molecule has 2 aliphatic heterocycles. The van der Waals surface area contributed by atoms with E-state index >= 15 is 0 Å². The number of hydrogen-bond acceptors (Lipinski definition) is 5. The molecule has 13 heteroatoms. The molecule has 0 amide bonds. The zero-order valence-corrected chi connectivity index (χ0v) is 26.8. The molecule has 2 aromatic rings. The maximum atomic E-state index is 14.5. The second-order valence-electron chi connectivity index (χ2n) is 12.7. The predicted octanol–water partition coefficient (Wildman–Crippen LogP) is 8.75. The van der Waals surface area contributed by atoms with Crippen molar-refractivity contribution < 1.29 is 35.5 Å². The standard InChI is InChI=1S/C34H40ClF7N4O/c35-28-6-4-7-29(36)25(28)21-31(47)30(44)22-32(12-5-14-43,23-8-9-26(33(37,38)39)27(20-23)34(40,41)42)13-19-45-17-10-24(11-18-45)46-15-2-1-3-16-46/h4,6-9,14,20,24,43-44H,1-3,5,10-13,15-19,21-22H2/t32-/m0/s1. The summed E-state index contributed by atoms with van der Waals surface area (Å²) in [6.07, 6.45) is -4.93. The molecule has 2 fully saturated rings. The summed E-state index contributed by atoms with van der Waals surface area (Å²) in [7, 11) is 0. The third-order valence-electron chi connectivity index (χ3n) is 9.63. The number of nitrogens with zero attached hydrogens (tertiary/aromatic N) is 2. The third-order valence-corrected chi connectivity index (χ3v) is 9.99. The minimum absolute atomic E-state index is 0.0134. The van der Waals surface area contributed by atoms with Crippen LogP contribution in [-0.2, 0) is 29.0 Å². The predicted molar refractivity (Wildman–Crippen MR) is 168 cm³/mol. The first-order chi connectivity index (χ1) is 22.1. The van der Waals surface area contributed by atoms with Gasteiger partial charge in [-0.2, -0.15) is 26.3 Å². The minimum Gasteiger partial charge on any atom is -0.313 e. The minimum atomic E-state index is -5.32. The number of carbonyl (C=O) groups excluding carboxylic acids is 1. The van der Waals surface area contributed by atoms with Crippen LogP contribution < -0.4 is 0 Å². The van der Waals surface area contributed by atoms with Crippen LogP contribution in [0.5, 0.6) is 0 Å². The van der Waals surface area contributed by atoms with Crippen molar-refractivity contribution in [2.45, 2.75) is 88.0 Å². The zero-order chi connectivity index (χ0) is 34.4. The molecule has 0 saturated carbocycles. The highest BCUT2D eigenvalue weighted by Gasteiger charge is 2.45. The number of piperidine rings is 2. The van der Waals surface area contributed by atoms with E-state index in [1.165, 1.54) is 18.6 Å². The lowest BCUT2D eigenvalue weighted by Crippen LogP contribution is -2.47. The first kappa shape index (κ1) is 37.0. The van der Waals surface area contributed by atoms with Gasteiger partial charge in [-0.25, -0.2) is 4.39 Å². The van der Waals surface area contributed by atoms with E-state index in [4.69, 9.17) is 22.4 Å². The second-order valence-corrected chi connectivity index (χ2v) is 13.1. The lowest BCUT2D eigenvalue weighted by atomic mass is 9.69. The molecule has 1 atom stereocenters. The Kier molecular flexibility index (Phi) is 12.3. The Balaban J connectivity index is 1.66. The van der Waals surface area contributed by atoms with Gasteiger partial charge in [0.2, 0.25) is 0 Å². The van der Waals surface area contributed by atoms with Crippen molar-refractivity contribution in [2.24, 2.45) is 0 Å². The van der Waals surface area contributed by atoms with Crippen molar-refractivity contribution >= 4 is 29.3 Å². The number of rotatable bonds is 13. The molecule has 0 bridgehead atoms. The van der Waals surface area contributed by atoms with Crippen LogP contribution in [0.2, 0.25) is 5.02 Å². The highest BCUT2D eigenvalue weighted by molar-refractivity contribution is 6.40. The van der Waals surface area contributed by atoms with Crippen molar-refractivity contribution in [1.82, 2.24) is 9.80 Å². The van der Waals surface area contributed by atoms with Crippen LogP contribution in [0, 0.1) is 16.6 Å². The molecule has 4 rings (SSSR count). The summed E-state index contributed by atoms with van der Waals surface area (Å²) >= 11 is 6.09. The van der Waals surface area contributed by atoms with Gasteiger partial charge < -0.3 is 20.6 Å². The monoisotopic (exact) mass is 688 g/mol. The molecule has 2 aliphatic rings. The Hall–Kier alpha value is -2.83. The molecule has 0 aliphatic carbocycles. The maximum Gasteiger partial charge on any atom is 0.417 e. The van der Waals surface area contributed by atoms with Gasteiger partial charge in [-0.1, -0.05) is 30.2 Å². The number of halogens is 8. The van der Waals surface area contributed by atoms with Crippen molar-refractivity contribution in [3.8, 4) is 0 Å². The van der Waals surface area contributed by atoms with Crippen LogP contribution in [0.3, 0.4) is 0 Å². The lowest BCUT2D eigenvalue weighted by Gasteiger charge is -2.42. The smallest absolute Gasteiger partial charge is 0.313 e. The number of alkyl halides is 6. The van der Waals surface area contributed by atoms with E-state index in [9.17, 15) is 35.5 Å². The molecule has 0 aromatic heterocycles. The maximum absolute atomic E-state index is 14.5. The van der Waals surface area contributed by atoms with Crippen LogP contribution in [0.4, 0.5) is 30.7 Å². The van der Waals surface area contributed by atoms with Gasteiger partial charge >= 0.3 is 12.4 Å². The summed E-state index contributed by atoms with van der Waals surface area (Å²) in [6, 6.07) is 6.19. The van der Waals surface area contributed by atoms with Gasteiger partial charge in [-0.05, 0) is 114 Å². The van der Waals surface area contributed by atoms with Crippen LogP contribution in [0.1, 0.15) is 80.0 Å². The highest BCUT2D eigenvalue weighted by atomic mass is 35.5. The molecular weight excluding hydrogens is 649 g/mol. The summed E-state index contributed by atoms with van der Waals surface area (Å²) in [6.45, 7) is 3.94. The number of nitrogens with one attached hydrogen (secondary N) is 2. The average Bonchev–Trinajstić information content (AvgIpc) is 3.03. The number of Topliss-reactive ketones (excluding diaryl/α,β-unsaturated/α-hetero) is 1. The molecule has 0 spiro atoms. The second kappa shape index (κ2) is 15.6. The number of ketones is 1. The topological polar surface area (TPSA) is 71.2 Å². The fraction of sp³-hybridized carbons (Fsp3) is 0.559. The fourth-order valence-electron chi connectivity index (χ4n) is 6.97. The van der Waals surface area contributed by atoms with Crippen molar-refractivity contribution in [3.63, 3.8) is 0 Å². The van der Waals surface area contributed by atoms with E-state index in [1.807, 2.05) is 0 Å². The SMILES string of the molecule is N=CCC[C@](CCN1CCC(N2CCCCC2)CC1)(CC(=N)C(=O)Cc1c(F)cccc1Cl)c1ccc(C(F)(F)F)c(C(F)(F)F)c1. The lowest BCUT2D eigenvalue weighted by molar-refractivity contribution is -0.162. The molecule has 0 unspecified atom stereocenters. The van der Waals surface area contributed by atoms with Gasteiger partial charge in [0.15, 0.2) is 5.78 Å². The summed E-state index contributed by atoms with van der Waals surface area (Å²) in [5.74, 6) is -1.55. The molecule has 2 saturated heterocycles. The molecule has 2 heterocycles. The van der Waals surface area contributed by atoms with E-state index < -0.39 is 59.0 Å². The number of benzene rings is 2. The average molecular weight is 689 g/mol. The zero-order valence-electron chi connectivity index (χ0n) is 26.1. The summed E-state index contributed by atoms with van der Waals surface area (Å²) in [5.41, 5.74) is -5.79. The normalized spacial score (nSPS) is 18.6. The summed E-state index contributed by atoms with van der Waals surface area (Å²) < 4.78 is 97.8. The van der Waals surface area contributed by atoms with Crippen molar-refractivity contribution in [2.75, 3.05) is 32.7 Å². The Bertz CT molecular complexity index is 1400. The van der Waals surface area contributed by atoms with E-state index in [0.29, 0.717) is 24.7 Å². The van der Waals surface area contributed by atoms with Crippen LogP contribution in [0.15, 0.2) is 36.4 Å². The van der Waals surface area contributed by atoms with Gasteiger partial charge in [0.1, 0.15) is 5.82 Å². The van der Waals surface area contributed by atoms with Gasteiger partial charge in [-0.15, -0.1) is 0 Å². The van der Waals surface area contributed by atoms with Gasteiger partial charge in [0, 0.05) is 34.9 Å². The number of carbonyl (C=O) groups is 1. The third kappa shape index (κ3) is 9.41. The molecule has 47 heavy (non-hydrogen) atoms. The Morgan fingerprint density at radius 1 is 0.915 bits per heavy atom. The molecule has 2 aromatic carbocycles. The fourth-order valence-corrected chi connectivity index (χ4v) is 7.20. The number of likely N-dealkylation sites (tertiary alicyclic amines) is 2. The molecule has 258 valence electrons. The van der Waals surface area contributed by atoms with Crippen molar-refractivity contribution in [3.05, 3.63) is 69.5 Å². The van der Waals surface area contributed by atoms with Gasteiger partial charge in [0.05, 0.1) is 16.8 Å². The van der Waals surface area contributed by atoms with Crippen molar-refractivity contribution in [1.29, 1.82) is 10.8 Å². The highest BCUT2D eigenvalue weighted by Crippen LogP contribution is 2.45. The molecule has 0 radical (unpaired) electrons. The van der Waals surface area contributed by atoms with Crippen LogP contribution in [-0.4, -0.2) is 66.3 Å². The van der Waals surface area contributed by atoms with E-state index in [2.05, 4.69) is 9.80 Å². The van der Waals surface area contributed by atoms with Crippen LogP contribution in [0.25, 0.3) is 0 Å².